The van der Waals surface area contributed by atoms with Crippen LogP contribution in [0.4, 0.5) is 5.69 Å². The molecular weight excluding hydrogens is 493 g/mol. The molecule has 1 aliphatic rings. The van der Waals surface area contributed by atoms with Crippen molar-refractivity contribution in [1.82, 2.24) is 4.57 Å². The van der Waals surface area contributed by atoms with Gasteiger partial charge < -0.3 is 9.64 Å². The SMILES string of the molecule is CCOC(=O)C1=C(C)N=c2s/c(=C/c3ccc(Cl)cc3Cl)c(=O)n2[C@H]1c1ccc(N(C)C)cc1. The van der Waals surface area contributed by atoms with Crippen molar-refractivity contribution in [2.75, 3.05) is 25.6 Å². The molecule has 0 saturated carbocycles. The molecule has 0 spiro atoms. The van der Waals surface area contributed by atoms with Gasteiger partial charge in [0.2, 0.25) is 0 Å². The predicted octanol–water partition coefficient (Wildman–Crippen LogP) is 4.17. The minimum Gasteiger partial charge on any atom is -0.463 e. The highest BCUT2D eigenvalue weighted by atomic mass is 35.5. The average Bonchev–Trinajstić information content (AvgIpc) is 3.09. The Labute approximate surface area is 211 Å². The number of fused-ring (bicyclic) bond motifs is 1. The number of hydrogen-bond donors (Lipinski definition) is 0. The number of ether oxygens (including phenoxy) is 1. The van der Waals surface area contributed by atoms with Crippen LogP contribution in [-0.4, -0.2) is 31.2 Å². The van der Waals surface area contributed by atoms with Gasteiger partial charge in [0.05, 0.1) is 28.5 Å². The van der Waals surface area contributed by atoms with E-state index in [1.54, 1.807) is 42.7 Å². The number of thiazole rings is 1. The van der Waals surface area contributed by atoms with Gasteiger partial charge in [-0.3, -0.25) is 9.36 Å². The summed E-state index contributed by atoms with van der Waals surface area (Å²) in [6.45, 7) is 3.74. The van der Waals surface area contributed by atoms with Crippen molar-refractivity contribution in [3.05, 3.63) is 94.6 Å². The fourth-order valence-corrected chi connectivity index (χ4v) is 5.32. The van der Waals surface area contributed by atoms with Gasteiger partial charge >= 0.3 is 5.97 Å². The summed E-state index contributed by atoms with van der Waals surface area (Å²) in [6, 6.07) is 12.2. The first-order valence-electron chi connectivity index (χ1n) is 10.6. The van der Waals surface area contributed by atoms with E-state index in [9.17, 15) is 9.59 Å². The van der Waals surface area contributed by atoms with Crippen LogP contribution in [0.1, 0.15) is 31.0 Å². The minimum atomic E-state index is -0.658. The van der Waals surface area contributed by atoms with Crippen LogP contribution in [0.2, 0.25) is 10.0 Å². The molecule has 34 heavy (non-hydrogen) atoms. The quantitative estimate of drug-likeness (QED) is 0.478. The van der Waals surface area contributed by atoms with Crippen LogP contribution >= 0.6 is 34.5 Å². The average molecular weight is 516 g/mol. The highest BCUT2D eigenvalue weighted by Gasteiger charge is 2.33. The van der Waals surface area contributed by atoms with E-state index >= 15 is 0 Å². The molecule has 0 unspecified atom stereocenters. The van der Waals surface area contributed by atoms with Crippen LogP contribution in [0, 0.1) is 0 Å². The summed E-state index contributed by atoms with van der Waals surface area (Å²) >= 11 is 13.6. The van der Waals surface area contributed by atoms with E-state index < -0.39 is 12.0 Å². The zero-order valence-corrected chi connectivity index (χ0v) is 21.5. The zero-order chi connectivity index (χ0) is 24.6. The molecule has 176 valence electrons. The third-order valence-electron chi connectivity index (χ3n) is 5.49. The molecular formula is C25H23Cl2N3O3S. The van der Waals surface area contributed by atoms with E-state index in [-0.39, 0.29) is 12.2 Å². The summed E-state index contributed by atoms with van der Waals surface area (Å²) < 4.78 is 7.35. The number of carbonyl (C=O) groups excluding carboxylic acids is 1. The van der Waals surface area contributed by atoms with E-state index in [1.807, 2.05) is 43.3 Å². The Morgan fingerprint density at radius 2 is 1.91 bits per heavy atom. The van der Waals surface area contributed by atoms with E-state index in [4.69, 9.17) is 27.9 Å². The molecule has 3 aromatic rings. The Morgan fingerprint density at radius 3 is 2.53 bits per heavy atom. The van der Waals surface area contributed by atoms with E-state index in [0.717, 1.165) is 11.3 Å². The van der Waals surface area contributed by atoms with Crippen molar-refractivity contribution in [2.45, 2.75) is 19.9 Å². The molecule has 0 amide bonds. The summed E-state index contributed by atoms with van der Waals surface area (Å²) in [5.41, 5.74) is 3.09. The molecule has 0 aliphatic carbocycles. The number of halogens is 2. The summed E-state index contributed by atoms with van der Waals surface area (Å²) in [5, 5.41) is 0.956. The maximum absolute atomic E-state index is 13.6. The van der Waals surface area contributed by atoms with Crippen LogP contribution in [0.15, 0.2) is 63.5 Å². The first kappa shape index (κ1) is 24.3. The number of benzene rings is 2. The Bertz CT molecular complexity index is 1470. The second-order valence-electron chi connectivity index (χ2n) is 7.95. The predicted molar refractivity (Wildman–Crippen MR) is 138 cm³/mol. The third kappa shape index (κ3) is 4.56. The second-order valence-corrected chi connectivity index (χ2v) is 9.81. The largest absolute Gasteiger partial charge is 0.463 e. The summed E-state index contributed by atoms with van der Waals surface area (Å²) in [4.78, 5) is 33.7. The van der Waals surface area contributed by atoms with E-state index in [1.165, 1.54) is 11.3 Å². The minimum absolute atomic E-state index is 0.224. The molecule has 1 aliphatic heterocycles. The highest BCUT2D eigenvalue weighted by Crippen LogP contribution is 2.31. The monoisotopic (exact) mass is 515 g/mol. The van der Waals surface area contributed by atoms with Gasteiger partial charge in [0.15, 0.2) is 4.80 Å². The topological polar surface area (TPSA) is 63.9 Å². The van der Waals surface area contributed by atoms with E-state index in [2.05, 4.69) is 4.99 Å². The van der Waals surface area contributed by atoms with Crippen molar-refractivity contribution >= 4 is 52.3 Å². The van der Waals surface area contributed by atoms with Crippen LogP contribution < -0.4 is 19.8 Å². The van der Waals surface area contributed by atoms with Gasteiger partial charge in [-0.2, -0.15) is 0 Å². The number of carbonyl (C=O) groups is 1. The molecule has 0 radical (unpaired) electrons. The Morgan fingerprint density at radius 1 is 1.21 bits per heavy atom. The smallest absolute Gasteiger partial charge is 0.338 e. The lowest BCUT2D eigenvalue weighted by Crippen LogP contribution is -2.39. The summed E-state index contributed by atoms with van der Waals surface area (Å²) in [6.07, 6.45) is 1.72. The van der Waals surface area contributed by atoms with Gasteiger partial charge in [0, 0.05) is 29.8 Å². The highest BCUT2D eigenvalue weighted by molar-refractivity contribution is 7.07. The molecule has 2 aromatic carbocycles. The molecule has 2 heterocycles. The zero-order valence-electron chi connectivity index (χ0n) is 19.1. The van der Waals surface area contributed by atoms with Crippen molar-refractivity contribution < 1.29 is 9.53 Å². The lowest BCUT2D eigenvalue weighted by molar-refractivity contribution is -0.139. The van der Waals surface area contributed by atoms with Gasteiger partial charge in [-0.05, 0) is 55.3 Å². The van der Waals surface area contributed by atoms with Crippen LogP contribution in [0.25, 0.3) is 6.08 Å². The Hall–Kier alpha value is -2.87. The normalized spacial score (nSPS) is 15.7. The van der Waals surface area contributed by atoms with Crippen molar-refractivity contribution in [3.63, 3.8) is 0 Å². The maximum Gasteiger partial charge on any atom is 0.338 e. The van der Waals surface area contributed by atoms with Crippen molar-refractivity contribution in [2.24, 2.45) is 4.99 Å². The molecule has 4 rings (SSSR count). The molecule has 1 aromatic heterocycles. The number of rotatable bonds is 5. The van der Waals surface area contributed by atoms with Crippen LogP contribution in [-0.2, 0) is 9.53 Å². The standard InChI is InChI=1S/C25H23Cl2N3O3S/c1-5-33-24(32)21-14(2)28-25-30(22(21)15-7-10-18(11-8-15)29(3)4)23(31)20(34-25)12-16-6-9-17(26)13-19(16)27/h6-13,22H,5H2,1-4H3/b20-12+/t22-/m0/s1. The first-order valence-corrected chi connectivity index (χ1v) is 12.2. The van der Waals surface area contributed by atoms with Gasteiger partial charge in [-0.1, -0.05) is 52.7 Å². The number of hydrogen-bond acceptors (Lipinski definition) is 6. The fourth-order valence-electron chi connectivity index (χ4n) is 3.82. The van der Waals surface area contributed by atoms with Crippen LogP contribution in [0.3, 0.4) is 0 Å². The van der Waals surface area contributed by atoms with Crippen molar-refractivity contribution in [3.8, 4) is 0 Å². The first-order chi connectivity index (χ1) is 16.2. The Kier molecular flexibility index (Phi) is 6.98. The van der Waals surface area contributed by atoms with Gasteiger partial charge in [-0.15, -0.1) is 0 Å². The number of anilines is 1. The number of aromatic nitrogens is 1. The molecule has 0 N–H and O–H groups in total. The number of allylic oxidation sites excluding steroid dienone is 1. The van der Waals surface area contributed by atoms with Gasteiger partial charge in [0.25, 0.3) is 5.56 Å². The lowest BCUT2D eigenvalue weighted by Gasteiger charge is -2.25. The molecule has 0 bridgehead atoms. The van der Waals surface area contributed by atoms with Crippen molar-refractivity contribution in [1.29, 1.82) is 0 Å². The molecule has 1 atom stereocenters. The summed E-state index contributed by atoms with van der Waals surface area (Å²) in [5.74, 6) is -0.486. The number of nitrogens with zero attached hydrogens (tertiary/aromatic N) is 3. The number of esters is 1. The van der Waals surface area contributed by atoms with E-state index in [0.29, 0.717) is 36.2 Å². The Balaban J connectivity index is 1.94. The molecule has 9 heteroatoms. The van der Waals surface area contributed by atoms with Crippen LogP contribution in [0.5, 0.6) is 0 Å². The van der Waals surface area contributed by atoms with Gasteiger partial charge in [0.1, 0.15) is 0 Å². The summed E-state index contributed by atoms with van der Waals surface area (Å²) in [7, 11) is 3.90. The van der Waals surface area contributed by atoms with Gasteiger partial charge in [-0.25, -0.2) is 9.79 Å². The maximum atomic E-state index is 13.6. The second kappa shape index (κ2) is 9.78. The fraction of sp³-hybridized carbons (Fsp3) is 0.240. The molecule has 0 saturated heterocycles. The molecule has 6 nitrogen and oxygen atoms in total. The molecule has 0 fully saturated rings. The third-order valence-corrected chi connectivity index (χ3v) is 7.04. The lowest BCUT2D eigenvalue weighted by atomic mass is 9.95.